The Morgan fingerprint density at radius 2 is 2.24 bits per heavy atom. The Morgan fingerprint density at radius 1 is 1.44 bits per heavy atom. The molecule has 0 bridgehead atoms. The molecule has 1 aromatic heterocycles. The molecule has 1 aromatic carbocycles. The highest BCUT2D eigenvalue weighted by molar-refractivity contribution is 7.97. The molecule has 1 fully saturated rings. The molecule has 132 valence electrons. The Kier molecular flexibility index (Phi) is 5.96. The fourth-order valence-electron chi connectivity index (χ4n) is 2.69. The molecule has 0 aliphatic carbocycles. The van der Waals surface area contributed by atoms with Crippen LogP contribution in [0.1, 0.15) is 19.8 Å². The van der Waals surface area contributed by atoms with E-state index in [0.717, 1.165) is 47.5 Å². The number of aliphatic hydroxyl groups excluding tert-OH is 1. The number of nitrogens with one attached hydrogen (secondary N) is 1. The van der Waals surface area contributed by atoms with Crippen molar-refractivity contribution in [1.29, 1.82) is 0 Å². The number of aliphatic hydroxyl groups is 1. The van der Waals surface area contributed by atoms with Crippen LogP contribution in [0.25, 0.3) is 11.0 Å². The second-order valence-corrected chi connectivity index (χ2v) is 7.02. The zero-order chi connectivity index (χ0) is 17.6. The summed E-state index contributed by atoms with van der Waals surface area (Å²) in [4.78, 5) is 1.04. The third-order valence-electron chi connectivity index (χ3n) is 4.10. The van der Waals surface area contributed by atoms with Crippen molar-refractivity contribution in [2.24, 2.45) is 0 Å². The van der Waals surface area contributed by atoms with E-state index in [0.29, 0.717) is 5.82 Å². The zero-order valence-corrected chi connectivity index (χ0v) is 15.1. The van der Waals surface area contributed by atoms with Gasteiger partial charge < -0.3 is 14.9 Å². The van der Waals surface area contributed by atoms with Crippen LogP contribution < -0.4 is 5.32 Å². The van der Waals surface area contributed by atoms with Gasteiger partial charge in [-0.25, -0.2) is 4.31 Å². The van der Waals surface area contributed by atoms with E-state index in [2.05, 4.69) is 21.4 Å². The smallest absolute Gasteiger partial charge is 0.183 e. The number of rotatable bonds is 6. The van der Waals surface area contributed by atoms with Crippen LogP contribution in [-0.4, -0.2) is 33.8 Å². The number of nitrogens with zero attached hydrogens (tertiary/aromatic N) is 2. The molecule has 0 saturated carbocycles. The summed E-state index contributed by atoms with van der Waals surface area (Å²) in [6, 6.07) is 6.06. The SMILES string of the molecule is C=C/C=C\C(=C/C)Nc1noc2c(SN3CCC(O)CC3)cccc12. The normalized spacial score (nSPS) is 17.4. The molecule has 3 rings (SSSR count). The topological polar surface area (TPSA) is 61.5 Å². The molecule has 1 aliphatic rings. The van der Waals surface area contributed by atoms with Crippen LogP contribution in [-0.2, 0) is 0 Å². The highest BCUT2D eigenvalue weighted by atomic mass is 32.2. The van der Waals surface area contributed by atoms with Gasteiger partial charge in [0.2, 0.25) is 0 Å². The Balaban J connectivity index is 1.80. The van der Waals surface area contributed by atoms with Crippen LogP contribution in [0.3, 0.4) is 0 Å². The van der Waals surface area contributed by atoms with Gasteiger partial charge in [-0.15, -0.1) is 0 Å². The monoisotopic (exact) mass is 357 g/mol. The molecule has 0 radical (unpaired) electrons. The van der Waals surface area contributed by atoms with E-state index in [1.54, 1.807) is 18.0 Å². The van der Waals surface area contributed by atoms with Gasteiger partial charge in [0.1, 0.15) is 0 Å². The quantitative estimate of drug-likeness (QED) is 0.592. The standard InChI is InChI=1S/C19H23N3O2S/c1-3-5-7-14(4-2)20-19-16-8-6-9-17(18(16)24-21-19)25-22-12-10-15(23)11-13-22/h3-9,15,23H,1,10-13H2,2H3,(H,20,21)/b7-5-,14-4+. The lowest BCUT2D eigenvalue weighted by Gasteiger charge is -2.28. The van der Waals surface area contributed by atoms with E-state index in [4.69, 9.17) is 4.52 Å². The van der Waals surface area contributed by atoms with Crippen molar-refractivity contribution in [3.8, 4) is 0 Å². The highest BCUT2D eigenvalue weighted by Gasteiger charge is 2.20. The van der Waals surface area contributed by atoms with Gasteiger partial charge in [0.05, 0.1) is 16.4 Å². The van der Waals surface area contributed by atoms with Crippen molar-refractivity contribution in [3.05, 3.63) is 54.8 Å². The summed E-state index contributed by atoms with van der Waals surface area (Å²) >= 11 is 1.67. The number of fused-ring (bicyclic) bond motifs is 1. The first kappa shape index (κ1) is 17.8. The van der Waals surface area contributed by atoms with Crippen molar-refractivity contribution in [1.82, 2.24) is 9.46 Å². The van der Waals surface area contributed by atoms with Crippen molar-refractivity contribution in [3.63, 3.8) is 0 Å². The van der Waals surface area contributed by atoms with Crippen LogP contribution in [0, 0.1) is 0 Å². The van der Waals surface area contributed by atoms with Gasteiger partial charge in [-0.2, -0.15) is 0 Å². The first-order valence-electron chi connectivity index (χ1n) is 8.43. The Labute approximate surface area is 152 Å². The molecule has 2 aromatic rings. The first-order valence-corrected chi connectivity index (χ1v) is 9.20. The molecule has 0 atom stereocenters. The van der Waals surface area contributed by atoms with Gasteiger partial charge in [0.25, 0.3) is 0 Å². The third-order valence-corrected chi connectivity index (χ3v) is 5.24. The minimum Gasteiger partial charge on any atom is -0.393 e. The van der Waals surface area contributed by atoms with Crippen LogP contribution in [0.5, 0.6) is 0 Å². The van der Waals surface area contributed by atoms with Crippen molar-refractivity contribution < 1.29 is 9.63 Å². The van der Waals surface area contributed by atoms with Crippen LogP contribution >= 0.6 is 11.9 Å². The summed E-state index contributed by atoms with van der Waals surface area (Å²) in [5.41, 5.74) is 1.71. The maximum atomic E-state index is 9.65. The predicted octanol–water partition coefficient (Wildman–Crippen LogP) is 4.35. The lowest BCUT2D eigenvalue weighted by atomic mass is 10.1. The fourth-order valence-corrected chi connectivity index (χ4v) is 3.73. The molecule has 1 saturated heterocycles. The van der Waals surface area contributed by atoms with Crippen LogP contribution in [0.2, 0.25) is 0 Å². The number of para-hydroxylation sites is 1. The third kappa shape index (κ3) is 4.34. The average Bonchev–Trinajstić information content (AvgIpc) is 3.04. The van der Waals surface area contributed by atoms with Gasteiger partial charge in [-0.1, -0.05) is 36.0 Å². The van der Waals surface area contributed by atoms with E-state index >= 15 is 0 Å². The van der Waals surface area contributed by atoms with Crippen LogP contribution in [0.4, 0.5) is 5.82 Å². The lowest BCUT2D eigenvalue weighted by molar-refractivity contribution is 0.116. The van der Waals surface area contributed by atoms with Gasteiger partial charge >= 0.3 is 0 Å². The van der Waals surface area contributed by atoms with E-state index in [1.807, 2.05) is 43.4 Å². The summed E-state index contributed by atoms with van der Waals surface area (Å²) in [5, 5.41) is 18.1. The molecular formula is C19H23N3O2S. The Hall–Kier alpha value is -2.02. The number of anilines is 1. The summed E-state index contributed by atoms with van der Waals surface area (Å²) < 4.78 is 7.88. The lowest BCUT2D eigenvalue weighted by Crippen LogP contribution is -2.30. The number of allylic oxidation sites excluding steroid dienone is 4. The molecule has 2 N–H and O–H groups in total. The molecule has 0 amide bonds. The molecule has 5 nitrogen and oxygen atoms in total. The molecule has 6 heteroatoms. The maximum absolute atomic E-state index is 9.65. The summed E-state index contributed by atoms with van der Waals surface area (Å²) in [7, 11) is 0. The molecule has 1 aliphatic heterocycles. The fraction of sp³-hybridized carbons (Fsp3) is 0.316. The number of benzene rings is 1. The second kappa shape index (κ2) is 8.38. The van der Waals surface area contributed by atoms with Crippen molar-refractivity contribution >= 4 is 28.7 Å². The van der Waals surface area contributed by atoms with Gasteiger partial charge in [-0.3, -0.25) is 0 Å². The van der Waals surface area contributed by atoms with E-state index < -0.39 is 0 Å². The minimum absolute atomic E-state index is 0.170. The van der Waals surface area contributed by atoms with Crippen molar-refractivity contribution in [2.75, 3.05) is 18.4 Å². The van der Waals surface area contributed by atoms with E-state index in [1.165, 1.54) is 0 Å². The number of piperidine rings is 1. The van der Waals surface area contributed by atoms with Gasteiger partial charge in [-0.05, 0) is 49.9 Å². The summed E-state index contributed by atoms with van der Waals surface area (Å²) in [6.07, 6.45) is 8.96. The molecule has 25 heavy (non-hydrogen) atoms. The molecule has 2 heterocycles. The van der Waals surface area contributed by atoms with Gasteiger partial charge in [0, 0.05) is 18.8 Å². The van der Waals surface area contributed by atoms with Gasteiger partial charge in [0.15, 0.2) is 11.4 Å². The minimum atomic E-state index is -0.170. The molecular weight excluding hydrogens is 334 g/mol. The molecule has 0 unspecified atom stereocenters. The molecule has 0 spiro atoms. The maximum Gasteiger partial charge on any atom is 0.183 e. The van der Waals surface area contributed by atoms with Crippen LogP contribution in [0.15, 0.2) is 64.2 Å². The first-order chi connectivity index (χ1) is 12.2. The zero-order valence-electron chi connectivity index (χ0n) is 14.3. The largest absolute Gasteiger partial charge is 0.393 e. The summed E-state index contributed by atoms with van der Waals surface area (Å²) in [6.45, 7) is 7.39. The number of hydrogen-bond donors (Lipinski definition) is 2. The average molecular weight is 357 g/mol. The number of hydrogen-bond acceptors (Lipinski definition) is 6. The van der Waals surface area contributed by atoms with E-state index in [9.17, 15) is 5.11 Å². The van der Waals surface area contributed by atoms with Crippen molar-refractivity contribution in [2.45, 2.75) is 30.8 Å². The number of aromatic nitrogens is 1. The highest BCUT2D eigenvalue weighted by Crippen LogP contribution is 2.35. The summed E-state index contributed by atoms with van der Waals surface area (Å²) in [5.74, 6) is 0.702. The van der Waals surface area contributed by atoms with E-state index in [-0.39, 0.29) is 6.10 Å². The Morgan fingerprint density at radius 3 is 2.96 bits per heavy atom. The Bertz CT molecular complexity index is 789. The second-order valence-electron chi connectivity index (χ2n) is 5.88. The predicted molar refractivity (Wildman–Crippen MR) is 103 cm³/mol.